The van der Waals surface area contributed by atoms with Gasteiger partial charge in [0.2, 0.25) is 11.8 Å². The molecule has 4 amide bonds. The van der Waals surface area contributed by atoms with Crippen LogP contribution >= 0.6 is 0 Å². The molecule has 4 rings (SSSR count). The standard InChI is InChI=1S/C33H32N4O5/c1-33(2,3)37(32(41)42)27-17-11-10-16-26(27)36-29(38)23-20-18-22(19-21-23)28(30(39)34-24-12-6-4-7-13-24)31(40)35-25-14-8-5-9-15-25/h4-21,28H,1-3H3,(H,34,39)(H,35,40)(H,36,38)(H,41,42). The molecule has 0 bridgehead atoms. The maximum atomic E-state index is 13.3. The molecule has 214 valence electrons. The van der Waals surface area contributed by atoms with Crippen molar-refractivity contribution >= 4 is 46.6 Å². The summed E-state index contributed by atoms with van der Waals surface area (Å²) in [7, 11) is 0. The van der Waals surface area contributed by atoms with E-state index in [4.69, 9.17) is 0 Å². The van der Waals surface area contributed by atoms with Crippen molar-refractivity contribution in [2.45, 2.75) is 32.2 Å². The monoisotopic (exact) mass is 564 g/mol. The van der Waals surface area contributed by atoms with Gasteiger partial charge in [0.05, 0.1) is 11.4 Å². The second kappa shape index (κ2) is 12.8. The van der Waals surface area contributed by atoms with Gasteiger partial charge in [-0.1, -0.05) is 60.7 Å². The maximum absolute atomic E-state index is 13.3. The lowest BCUT2D eigenvalue weighted by Crippen LogP contribution is -2.45. The Bertz CT molecular complexity index is 1510. The third-order valence-corrected chi connectivity index (χ3v) is 6.37. The van der Waals surface area contributed by atoms with Gasteiger partial charge in [-0.3, -0.25) is 19.3 Å². The Kier molecular flexibility index (Phi) is 9.02. The van der Waals surface area contributed by atoms with Crippen LogP contribution in [0.3, 0.4) is 0 Å². The van der Waals surface area contributed by atoms with Gasteiger partial charge in [0.15, 0.2) is 0 Å². The first kappa shape index (κ1) is 29.5. The second-order valence-corrected chi connectivity index (χ2v) is 10.5. The third-order valence-electron chi connectivity index (χ3n) is 6.37. The van der Waals surface area contributed by atoms with Gasteiger partial charge in [-0.25, -0.2) is 4.79 Å². The average Bonchev–Trinajstić information content (AvgIpc) is 2.94. The lowest BCUT2D eigenvalue weighted by atomic mass is 9.95. The van der Waals surface area contributed by atoms with Crippen LogP contribution in [-0.2, 0) is 9.59 Å². The number of rotatable bonds is 8. The first-order valence-electron chi connectivity index (χ1n) is 13.3. The number of amides is 4. The summed E-state index contributed by atoms with van der Waals surface area (Å²) in [4.78, 5) is 53.1. The number of benzene rings is 4. The highest BCUT2D eigenvalue weighted by Crippen LogP contribution is 2.32. The Morgan fingerprint density at radius 2 is 1.12 bits per heavy atom. The maximum Gasteiger partial charge on any atom is 0.412 e. The van der Waals surface area contributed by atoms with E-state index in [1.54, 1.807) is 106 Å². The molecule has 0 aliphatic carbocycles. The molecule has 0 spiro atoms. The number of hydrogen-bond donors (Lipinski definition) is 4. The van der Waals surface area contributed by atoms with Crippen molar-refractivity contribution in [1.29, 1.82) is 0 Å². The van der Waals surface area contributed by atoms with Crippen LogP contribution in [0.4, 0.5) is 27.5 Å². The first-order chi connectivity index (χ1) is 20.0. The zero-order valence-electron chi connectivity index (χ0n) is 23.5. The van der Waals surface area contributed by atoms with Crippen molar-refractivity contribution in [2.24, 2.45) is 0 Å². The zero-order valence-corrected chi connectivity index (χ0v) is 23.5. The van der Waals surface area contributed by atoms with Crippen molar-refractivity contribution in [3.63, 3.8) is 0 Å². The van der Waals surface area contributed by atoms with E-state index in [1.165, 1.54) is 17.0 Å². The Morgan fingerprint density at radius 1 is 0.643 bits per heavy atom. The topological polar surface area (TPSA) is 128 Å². The van der Waals surface area contributed by atoms with Gasteiger partial charge in [0.25, 0.3) is 5.91 Å². The summed E-state index contributed by atoms with van der Waals surface area (Å²) >= 11 is 0. The van der Waals surface area contributed by atoms with Gasteiger partial charge in [-0.2, -0.15) is 0 Å². The fraction of sp³-hybridized carbons (Fsp3) is 0.152. The number of nitrogens with zero attached hydrogens (tertiary/aromatic N) is 1. The Morgan fingerprint density at radius 3 is 1.60 bits per heavy atom. The highest BCUT2D eigenvalue weighted by molar-refractivity contribution is 6.15. The molecule has 0 heterocycles. The van der Waals surface area contributed by atoms with E-state index in [-0.39, 0.29) is 5.56 Å². The van der Waals surface area contributed by atoms with Crippen LogP contribution < -0.4 is 20.9 Å². The molecule has 4 N–H and O–H groups in total. The van der Waals surface area contributed by atoms with E-state index in [9.17, 15) is 24.3 Å². The van der Waals surface area contributed by atoms with Gasteiger partial charge in [0, 0.05) is 22.5 Å². The zero-order chi connectivity index (χ0) is 30.3. The summed E-state index contributed by atoms with van der Waals surface area (Å²) in [5.74, 6) is -2.75. The molecule has 0 unspecified atom stereocenters. The summed E-state index contributed by atoms with van der Waals surface area (Å²) in [5.41, 5.74) is 1.63. The predicted octanol–water partition coefficient (Wildman–Crippen LogP) is 6.58. The van der Waals surface area contributed by atoms with Gasteiger partial charge in [-0.05, 0) is 74.9 Å². The summed E-state index contributed by atoms with van der Waals surface area (Å²) in [5, 5.41) is 18.2. The van der Waals surface area contributed by atoms with Crippen molar-refractivity contribution in [1.82, 2.24) is 0 Å². The minimum Gasteiger partial charge on any atom is -0.465 e. The normalized spacial score (nSPS) is 11.0. The number of para-hydroxylation sites is 4. The fourth-order valence-corrected chi connectivity index (χ4v) is 4.44. The Balaban J connectivity index is 1.59. The molecule has 0 saturated heterocycles. The summed E-state index contributed by atoms with van der Waals surface area (Å²) in [6.45, 7) is 5.28. The number of carboxylic acid groups (broad SMARTS) is 1. The molecule has 42 heavy (non-hydrogen) atoms. The number of carbonyl (C=O) groups is 4. The Hall–Kier alpha value is -5.44. The third kappa shape index (κ3) is 7.19. The van der Waals surface area contributed by atoms with E-state index in [2.05, 4.69) is 16.0 Å². The molecule has 0 aliphatic heterocycles. The van der Waals surface area contributed by atoms with E-state index in [0.717, 1.165) is 0 Å². The molecule has 0 aromatic heterocycles. The molecule has 0 saturated carbocycles. The van der Waals surface area contributed by atoms with E-state index in [0.29, 0.717) is 28.3 Å². The highest BCUT2D eigenvalue weighted by atomic mass is 16.4. The minimum absolute atomic E-state index is 0.261. The molecule has 0 atom stereocenters. The van der Waals surface area contributed by atoms with Crippen LogP contribution in [0, 0.1) is 0 Å². The van der Waals surface area contributed by atoms with Gasteiger partial charge in [-0.15, -0.1) is 0 Å². The van der Waals surface area contributed by atoms with Gasteiger partial charge in [0.1, 0.15) is 5.92 Å². The molecular formula is C33H32N4O5. The number of hydrogen-bond acceptors (Lipinski definition) is 4. The molecule has 0 radical (unpaired) electrons. The highest BCUT2D eigenvalue weighted by Gasteiger charge is 2.31. The molecule has 9 heteroatoms. The summed E-state index contributed by atoms with van der Waals surface area (Å²) in [6, 6.07) is 30.4. The predicted molar refractivity (Wildman–Crippen MR) is 164 cm³/mol. The van der Waals surface area contributed by atoms with E-state index >= 15 is 0 Å². The SMILES string of the molecule is CC(C)(C)N(C(=O)O)c1ccccc1NC(=O)c1ccc(C(C(=O)Nc2ccccc2)C(=O)Nc2ccccc2)cc1. The van der Waals surface area contributed by atoms with Crippen molar-refractivity contribution in [3.8, 4) is 0 Å². The van der Waals surface area contributed by atoms with Gasteiger partial charge >= 0.3 is 6.09 Å². The average molecular weight is 565 g/mol. The molecule has 9 nitrogen and oxygen atoms in total. The number of nitrogens with one attached hydrogen (secondary N) is 3. The Labute approximate surface area is 244 Å². The molecule has 4 aromatic rings. The van der Waals surface area contributed by atoms with Crippen molar-refractivity contribution < 1.29 is 24.3 Å². The van der Waals surface area contributed by atoms with Crippen LogP contribution in [0.5, 0.6) is 0 Å². The van der Waals surface area contributed by atoms with Crippen LogP contribution in [0.1, 0.15) is 42.6 Å². The second-order valence-electron chi connectivity index (χ2n) is 10.5. The smallest absolute Gasteiger partial charge is 0.412 e. The van der Waals surface area contributed by atoms with E-state index < -0.39 is 35.3 Å². The molecule has 0 fully saturated rings. The lowest BCUT2D eigenvalue weighted by molar-refractivity contribution is -0.126. The minimum atomic E-state index is -1.21. The number of anilines is 4. The first-order valence-corrected chi connectivity index (χ1v) is 13.3. The van der Waals surface area contributed by atoms with Crippen LogP contribution in [-0.4, -0.2) is 34.5 Å². The molecule has 4 aromatic carbocycles. The molecule has 0 aliphatic rings. The molecular weight excluding hydrogens is 532 g/mol. The lowest BCUT2D eigenvalue weighted by Gasteiger charge is -2.34. The summed E-state index contributed by atoms with van der Waals surface area (Å²) in [6.07, 6.45) is -1.15. The summed E-state index contributed by atoms with van der Waals surface area (Å²) < 4.78 is 0. The van der Waals surface area contributed by atoms with Crippen LogP contribution in [0.25, 0.3) is 0 Å². The van der Waals surface area contributed by atoms with Crippen LogP contribution in [0.2, 0.25) is 0 Å². The fourth-order valence-electron chi connectivity index (χ4n) is 4.44. The van der Waals surface area contributed by atoms with Crippen molar-refractivity contribution in [3.05, 3.63) is 120 Å². The van der Waals surface area contributed by atoms with Crippen molar-refractivity contribution in [2.75, 3.05) is 20.9 Å². The largest absolute Gasteiger partial charge is 0.465 e. The van der Waals surface area contributed by atoms with E-state index in [1.807, 2.05) is 12.1 Å². The number of carbonyl (C=O) groups excluding carboxylic acids is 3. The van der Waals surface area contributed by atoms with Gasteiger partial charge < -0.3 is 21.1 Å². The van der Waals surface area contributed by atoms with Crippen LogP contribution in [0.15, 0.2) is 109 Å². The quantitative estimate of drug-likeness (QED) is 0.180.